The van der Waals surface area contributed by atoms with Crippen molar-refractivity contribution in [3.05, 3.63) is 33.4 Å². The van der Waals surface area contributed by atoms with Gasteiger partial charge in [0.1, 0.15) is 0 Å². The van der Waals surface area contributed by atoms with Crippen molar-refractivity contribution in [2.45, 2.75) is 37.9 Å². The van der Waals surface area contributed by atoms with Crippen LogP contribution in [0.4, 0.5) is 0 Å². The molecule has 6 heteroatoms. The van der Waals surface area contributed by atoms with E-state index in [2.05, 4.69) is 28.4 Å². The SMILES string of the molecule is Cl.Cn1c(=O)sc2cc(CN3CC4CCCC(C3)N4)ccc21. The van der Waals surface area contributed by atoms with E-state index in [1.54, 1.807) is 4.57 Å². The summed E-state index contributed by atoms with van der Waals surface area (Å²) in [7, 11) is 1.85. The predicted octanol–water partition coefficient (Wildman–Crippen LogP) is 2.35. The topological polar surface area (TPSA) is 37.3 Å². The standard InChI is InChI=1S/C16H21N3OS.ClH/c1-18-14-6-5-11(7-15(14)21-16(18)20)8-19-9-12-3-2-4-13(10-19)17-12;/h5-7,12-13,17H,2-4,8-10H2,1H3;1H. The van der Waals surface area contributed by atoms with Crippen LogP contribution in [-0.4, -0.2) is 34.6 Å². The molecule has 4 rings (SSSR count). The molecular formula is C16H22ClN3OS. The van der Waals surface area contributed by atoms with Gasteiger partial charge in [-0.05, 0) is 30.5 Å². The van der Waals surface area contributed by atoms with Crippen molar-refractivity contribution < 1.29 is 0 Å². The van der Waals surface area contributed by atoms with Crippen molar-refractivity contribution >= 4 is 34.0 Å². The Morgan fingerprint density at radius 2 is 2.00 bits per heavy atom. The number of thiazole rings is 1. The smallest absolute Gasteiger partial charge is 0.307 e. The molecule has 22 heavy (non-hydrogen) atoms. The van der Waals surface area contributed by atoms with E-state index in [0.717, 1.165) is 29.9 Å². The molecule has 1 aromatic carbocycles. The molecule has 2 aliphatic rings. The fourth-order valence-corrected chi connectivity index (χ4v) is 4.70. The van der Waals surface area contributed by atoms with Gasteiger partial charge in [0.25, 0.3) is 0 Å². The Morgan fingerprint density at radius 1 is 1.27 bits per heavy atom. The number of hydrogen-bond acceptors (Lipinski definition) is 4. The van der Waals surface area contributed by atoms with Gasteiger partial charge in [-0.15, -0.1) is 12.4 Å². The zero-order valence-corrected chi connectivity index (χ0v) is 14.4. The summed E-state index contributed by atoms with van der Waals surface area (Å²) in [5.74, 6) is 0. The van der Waals surface area contributed by atoms with E-state index in [0.29, 0.717) is 12.1 Å². The van der Waals surface area contributed by atoms with Crippen LogP contribution < -0.4 is 10.2 Å². The summed E-state index contributed by atoms with van der Waals surface area (Å²) in [4.78, 5) is 14.4. The average Bonchev–Trinajstić information content (AvgIpc) is 2.73. The molecular weight excluding hydrogens is 318 g/mol. The van der Waals surface area contributed by atoms with Crippen molar-refractivity contribution in [2.75, 3.05) is 13.1 Å². The third-order valence-corrected chi connectivity index (χ3v) is 5.79. The number of fused-ring (bicyclic) bond motifs is 3. The molecule has 0 spiro atoms. The second-order valence-electron chi connectivity index (χ2n) is 6.41. The predicted molar refractivity (Wildman–Crippen MR) is 94.2 cm³/mol. The highest BCUT2D eigenvalue weighted by Gasteiger charge is 2.29. The Kier molecular flexibility index (Phi) is 4.59. The molecule has 2 aliphatic heterocycles. The molecule has 2 saturated heterocycles. The summed E-state index contributed by atoms with van der Waals surface area (Å²) >= 11 is 1.35. The molecule has 4 nitrogen and oxygen atoms in total. The van der Waals surface area contributed by atoms with Gasteiger partial charge in [0.05, 0.1) is 10.2 Å². The van der Waals surface area contributed by atoms with Crippen molar-refractivity contribution in [3.63, 3.8) is 0 Å². The first-order valence-electron chi connectivity index (χ1n) is 7.76. The third kappa shape index (κ3) is 2.95. The van der Waals surface area contributed by atoms with E-state index in [4.69, 9.17) is 0 Å². The Labute approximate surface area is 140 Å². The van der Waals surface area contributed by atoms with Crippen molar-refractivity contribution in [1.29, 1.82) is 0 Å². The van der Waals surface area contributed by atoms with Crippen LogP contribution in [0.25, 0.3) is 10.2 Å². The molecule has 0 saturated carbocycles. The summed E-state index contributed by atoms with van der Waals surface area (Å²) in [6.07, 6.45) is 4.00. The van der Waals surface area contributed by atoms with Crippen LogP contribution in [0.2, 0.25) is 0 Å². The second kappa shape index (κ2) is 6.32. The highest BCUT2D eigenvalue weighted by Crippen LogP contribution is 2.23. The number of aryl methyl sites for hydroxylation is 1. The van der Waals surface area contributed by atoms with E-state index in [9.17, 15) is 4.79 Å². The maximum absolute atomic E-state index is 11.7. The largest absolute Gasteiger partial charge is 0.309 e. The molecule has 2 aromatic rings. The summed E-state index contributed by atoms with van der Waals surface area (Å²) in [5, 5.41) is 3.72. The third-order valence-electron chi connectivity index (χ3n) is 4.80. The number of halogens is 1. The van der Waals surface area contributed by atoms with Gasteiger partial charge < -0.3 is 9.88 Å². The number of aromatic nitrogens is 1. The Balaban J connectivity index is 0.00000144. The van der Waals surface area contributed by atoms with Crippen LogP contribution in [0.3, 0.4) is 0 Å². The summed E-state index contributed by atoms with van der Waals surface area (Å²) in [5.41, 5.74) is 2.37. The molecule has 1 aromatic heterocycles. The normalized spacial score (nSPS) is 25.1. The first-order chi connectivity index (χ1) is 10.2. The van der Waals surface area contributed by atoms with Crippen LogP contribution in [-0.2, 0) is 13.6 Å². The highest BCUT2D eigenvalue weighted by molar-refractivity contribution is 7.16. The number of piperidine rings is 1. The Hall–Kier alpha value is -0.880. The average molecular weight is 340 g/mol. The molecule has 3 heterocycles. The minimum absolute atomic E-state index is 0. The lowest BCUT2D eigenvalue weighted by Gasteiger charge is -2.42. The number of hydrogen-bond donors (Lipinski definition) is 1. The molecule has 2 bridgehead atoms. The number of nitrogens with one attached hydrogen (secondary N) is 1. The number of rotatable bonds is 2. The van der Waals surface area contributed by atoms with Crippen LogP contribution in [0.1, 0.15) is 24.8 Å². The lowest BCUT2D eigenvalue weighted by Crippen LogP contribution is -2.58. The molecule has 0 radical (unpaired) electrons. The van der Waals surface area contributed by atoms with Gasteiger partial charge in [0.2, 0.25) is 0 Å². The molecule has 0 amide bonds. The summed E-state index contributed by atoms with van der Waals surface area (Å²) < 4.78 is 2.84. The van der Waals surface area contributed by atoms with E-state index in [-0.39, 0.29) is 17.3 Å². The molecule has 2 unspecified atom stereocenters. The Bertz CT molecular complexity index is 714. The Morgan fingerprint density at radius 3 is 2.73 bits per heavy atom. The molecule has 2 fully saturated rings. The molecule has 2 atom stereocenters. The zero-order chi connectivity index (χ0) is 14.4. The van der Waals surface area contributed by atoms with Crippen molar-refractivity contribution in [1.82, 2.24) is 14.8 Å². The van der Waals surface area contributed by atoms with Gasteiger partial charge in [-0.2, -0.15) is 0 Å². The maximum atomic E-state index is 11.7. The van der Waals surface area contributed by atoms with Crippen LogP contribution in [0.5, 0.6) is 0 Å². The highest BCUT2D eigenvalue weighted by atomic mass is 35.5. The number of piperazine rings is 1. The first-order valence-corrected chi connectivity index (χ1v) is 8.57. The number of benzene rings is 1. The van der Waals surface area contributed by atoms with Gasteiger partial charge in [-0.1, -0.05) is 23.8 Å². The van der Waals surface area contributed by atoms with Gasteiger partial charge in [0.15, 0.2) is 0 Å². The molecule has 1 N–H and O–H groups in total. The van der Waals surface area contributed by atoms with E-state index < -0.39 is 0 Å². The van der Waals surface area contributed by atoms with E-state index in [1.165, 1.54) is 36.2 Å². The van der Waals surface area contributed by atoms with Gasteiger partial charge in [-0.25, -0.2) is 0 Å². The monoisotopic (exact) mass is 339 g/mol. The fraction of sp³-hybridized carbons (Fsp3) is 0.562. The minimum atomic E-state index is 0. The van der Waals surface area contributed by atoms with Gasteiger partial charge in [0, 0.05) is 38.8 Å². The van der Waals surface area contributed by atoms with E-state index >= 15 is 0 Å². The quantitative estimate of drug-likeness (QED) is 0.912. The zero-order valence-electron chi connectivity index (χ0n) is 12.7. The summed E-state index contributed by atoms with van der Waals surface area (Å²) in [6, 6.07) is 7.81. The number of likely N-dealkylation sites (tertiary alicyclic amines) is 1. The maximum Gasteiger partial charge on any atom is 0.307 e. The fourth-order valence-electron chi connectivity index (χ4n) is 3.76. The first kappa shape index (κ1) is 16.0. The van der Waals surface area contributed by atoms with Crippen LogP contribution in [0, 0.1) is 0 Å². The van der Waals surface area contributed by atoms with Gasteiger partial charge >= 0.3 is 4.87 Å². The second-order valence-corrected chi connectivity index (χ2v) is 7.41. The van der Waals surface area contributed by atoms with Crippen molar-refractivity contribution in [2.24, 2.45) is 7.05 Å². The van der Waals surface area contributed by atoms with E-state index in [1.807, 2.05) is 7.05 Å². The van der Waals surface area contributed by atoms with Crippen LogP contribution >= 0.6 is 23.7 Å². The van der Waals surface area contributed by atoms with Crippen LogP contribution in [0.15, 0.2) is 23.0 Å². The molecule has 120 valence electrons. The minimum Gasteiger partial charge on any atom is -0.309 e. The lowest BCUT2D eigenvalue weighted by atomic mass is 9.94. The van der Waals surface area contributed by atoms with Crippen molar-refractivity contribution in [3.8, 4) is 0 Å². The number of nitrogens with zero attached hydrogens (tertiary/aromatic N) is 2. The van der Waals surface area contributed by atoms with Gasteiger partial charge in [-0.3, -0.25) is 9.69 Å². The molecule has 0 aliphatic carbocycles. The summed E-state index contributed by atoms with van der Waals surface area (Å²) in [6.45, 7) is 3.31. The lowest BCUT2D eigenvalue weighted by molar-refractivity contribution is 0.119.